The summed E-state index contributed by atoms with van der Waals surface area (Å²) in [6, 6.07) is 6.29. The SMILES string of the molecule is Cn1nc(C(C)(C)C)c2cc(Br)ccc21. The number of nitrogens with zero attached hydrogens (tertiary/aromatic N) is 2. The van der Waals surface area contributed by atoms with Gasteiger partial charge in [-0.3, -0.25) is 4.68 Å². The predicted molar refractivity (Wildman–Crippen MR) is 67.1 cm³/mol. The molecule has 0 aliphatic carbocycles. The molecule has 0 bridgehead atoms. The Labute approximate surface area is 98.4 Å². The van der Waals surface area contributed by atoms with Crippen molar-refractivity contribution in [2.75, 3.05) is 0 Å². The molecule has 0 atom stereocenters. The average molecular weight is 267 g/mol. The van der Waals surface area contributed by atoms with Crippen LogP contribution in [0, 0.1) is 0 Å². The maximum absolute atomic E-state index is 4.60. The van der Waals surface area contributed by atoms with E-state index in [1.54, 1.807) is 0 Å². The van der Waals surface area contributed by atoms with Gasteiger partial charge in [0.25, 0.3) is 0 Å². The minimum Gasteiger partial charge on any atom is -0.268 e. The molecular weight excluding hydrogens is 252 g/mol. The number of halogens is 1. The van der Waals surface area contributed by atoms with Crippen molar-refractivity contribution in [3.05, 3.63) is 28.4 Å². The Balaban J connectivity index is 2.81. The molecule has 2 rings (SSSR count). The lowest BCUT2D eigenvalue weighted by atomic mass is 9.90. The van der Waals surface area contributed by atoms with Crippen molar-refractivity contribution in [1.82, 2.24) is 9.78 Å². The molecule has 0 aliphatic rings. The zero-order chi connectivity index (χ0) is 11.2. The summed E-state index contributed by atoms with van der Waals surface area (Å²) in [4.78, 5) is 0. The van der Waals surface area contributed by atoms with Crippen LogP contribution < -0.4 is 0 Å². The molecule has 0 saturated carbocycles. The van der Waals surface area contributed by atoms with Crippen molar-refractivity contribution < 1.29 is 0 Å². The Bertz CT molecular complexity index is 506. The highest BCUT2D eigenvalue weighted by Gasteiger charge is 2.21. The van der Waals surface area contributed by atoms with Crippen LogP contribution in [0.5, 0.6) is 0 Å². The van der Waals surface area contributed by atoms with Crippen molar-refractivity contribution in [3.63, 3.8) is 0 Å². The maximum atomic E-state index is 4.60. The van der Waals surface area contributed by atoms with Crippen LogP contribution in [0.4, 0.5) is 0 Å². The van der Waals surface area contributed by atoms with Crippen molar-refractivity contribution >= 4 is 26.8 Å². The predicted octanol–water partition coefficient (Wildman–Crippen LogP) is 3.63. The molecule has 3 heteroatoms. The molecule has 0 radical (unpaired) electrons. The molecular formula is C12H15BrN2. The summed E-state index contributed by atoms with van der Waals surface area (Å²) in [5.74, 6) is 0. The molecule has 1 aromatic carbocycles. The number of hydrogen-bond acceptors (Lipinski definition) is 1. The highest BCUT2D eigenvalue weighted by atomic mass is 79.9. The van der Waals surface area contributed by atoms with E-state index in [2.05, 4.69) is 60.0 Å². The minimum atomic E-state index is 0.0836. The third-order valence-electron chi connectivity index (χ3n) is 2.52. The van der Waals surface area contributed by atoms with Gasteiger partial charge in [0.1, 0.15) is 0 Å². The second-order valence-electron chi connectivity index (χ2n) is 4.88. The molecule has 1 aromatic heterocycles. The van der Waals surface area contributed by atoms with E-state index in [-0.39, 0.29) is 5.41 Å². The number of fused-ring (bicyclic) bond motifs is 1. The topological polar surface area (TPSA) is 17.8 Å². The molecule has 0 aliphatic heterocycles. The Morgan fingerprint density at radius 3 is 2.53 bits per heavy atom. The Morgan fingerprint density at radius 2 is 1.93 bits per heavy atom. The number of hydrogen-bond donors (Lipinski definition) is 0. The van der Waals surface area contributed by atoms with Crippen LogP contribution >= 0.6 is 15.9 Å². The first-order chi connectivity index (χ1) is 6.89. The first kappa shape index (κ1) is 10.7. The summed E-state index contributed by atoms with van der Waals surface area (Å²) in [6.07, 6.45) is 0. The van der Waals surface area contributed by atoms with Gasteiger partial charge in [-0.25, -0.2) is 0 Å². The second kappa shape index (κ2) is 3.34. The summed E-state index contributed by atoms with van der Waals surface area (Å²) in [6.45, 7) is 6.57. The maximum Gasteiger partial charge on any atom is 0.0756 e. The summed E-state index contributed by atoms with van der Waals surface area (Å²) in [7, 11) is 1.99. The van der Waals surface area contributed by atoms with Gasteiger partial charge in [-0.1, -0.05) is 36.7 Å². The van der Waals surface area contributed by atoms with Crippen molar-refractivity contribution in [2.24, 2.45) is 7.05 Å². The fraction of sp³-hybridized carbons (Fsp3) is 0.417. The van der Waals surface area contributed by atoms with Crippen LogP contribution in [0.3, 0.4) is 0 Å². The van der Waals surface area contributed by atoms with Crippen LogP contribution in [0.15, 0.2) is 22.7 Å². The number of rotatable bonds is 0. The molecule has 0 fully saturated rings. The molecule has 15 heavy (non-hydrogen) atoms. The van der Waals surface area contributed by atoms with Crippen molar-refractivity contribution in [1.29, 1.82) is 0 Å². The van der Waals surface area contributed by atoms with Crippen LogP contribution in [-0.2, 0) is 12.5 Å². The largest absolute Gasteiger partial charge is 0.268 e. The van der Waals surface area contributed by atoms with Gasteiger partial charge in [-0.2, -0.15) is 5.10 Å². The van der Waals surface area contributed by atoms with E-state index in [1.807, 2.05) is 11.7 Å². The molecule has 0 spiro atoms. The summed E-state index contributed by atoms with van der Waals surface area (Å²) in [5, 5.41) is 5.83. The summed E-state index contributed by atoms with van der Waals surface area (Å²) in [5.41, 5.74) is 2.42. The van der Waals surface area contributed by atoms with Crippen molar-refractivity contribution in [3.8, 4) is 0 Å². The molecule has 0 amide bonds. The van der Waals surface area contributed by atoms with Gasteiger partial charge < -0.3 is 0 Å². The molecule has 0 saturated heterocycles. The highest BCUT2D eigenvalue weighted by molar-refractivity contribution is 9.10. The highest BCUT2D eigenvalue weighted by Crippen LogP contribution is 2.30. The molecule has 2 nitrogen and oxygen atoms in total. The van der Waals surface area contributed by atoms with Gasteiger partial charge in [0.15, 0.2) is 0 Å². The Kier molecular flexibility index (Phi) is 2.38. The third kappa shape index (κ3) is 1.81. The molecule has 0 N–H and O–H groups in total. The van der Waals surface area contributed by atoms with E-state index in [1.165, 1.54) is 10.9 Å². The van der Waals surface area contributed by atoms with Gasteiger partial charge in [0, 0.05) is 22.3 Å². The quantitative estimate of drug-likeness (QED) is 0.712. The fourth-order valence-electron chi connectivity index (χ4n) is 1.79. The zero-order valence-electron chi connectivity index (χ0n) is 9.50. The van der Waals surface area contributed by atoms with E-state index in [9.17, 15) is 0 Å². The van der Waals surface area contributed by atoms with Crippen LogP contribution in [0.2, 0.25) is 0 Å². The number of aromatic nitrogens is 2. The summed E-state index contributed by atoms with van der Waals surface area (Å²) < 4.78 is 3.05. The first-order valence-electron chi connectivity index (χ1n) is 5.02. The van der Waals surface area contributed by atoms with Gasteiger partial charge in [-0.05, 0) is 18.2 Å². The van der Waals surface area contributed by atoms with E-state index >= 15 is 0 Å². The summed E-state index contributed by atoms with van der Waals surface area (Å²) >= 11 is 3.51. The molecule has 1 heterocycles. The van der Waals surface area contributed by atoms with E-state index in [4.69, 9.17) is 0 Å². The minimum absolute atomic E-state index is 0.0836. The van der Waals surface area contributed by atoms with E-state index in [0.717, 1.165) is 10.2 Å². The van der Waals surface area contributed by atoms with Gasteiger partial charge >= 0.3 is 0 Å². The fourth-order valence-corrected chi connectivity index (χ4v) is 2.15. The number of benzene rings is 1. The van der Waals surface area contributed by atoms with Crippen LogP contribution in [-0.4, -0.2) is 9.78 Å². The van der Waals surface area contributed by atoms with E-state index in [0.29, 0.717) is 0 Å². The Hall–Kier alpha value is -0.830. The van der Waals surface area contributed by atoms with Crippen LogP contribution in [0.25, 0.3) is 10.9 Å². The smallest absolute Gasteiger partial charge is 0.0756 e. The molecule has 2 aromatic rings. The third-order valence-corrected chi connectivity index (χ3v) is 3.02. The Morgan fingerprint density at radius 1 is 1.27 bits per heavy atom. The van der Waals surface area contributed by atoms with Gasteiger partial charge in [-0.15, -0.1) is 0 Å². The lowest BCUT2D eigenvalue weighted by molar-refractivity contribution is 0.558. The normalized spacial score (nSPS) is 12.3. The number of aryl methyl sites for hydroxylation is 1. The van der Waals surface area contributed by atoms with Crippen molar-refractivity contribution in [2.45, 2.75) is 26.2 Å². The van der Waals surface area contributed by atoms with E-state index < -0.39 is 0 Å². The lowest BCUT2D eigenvalue weighted by Crippen LogP contribution is -2.12. The van der Waals surface area contributed by atoms with Gasteiger partial charge in [0.05, 0.1) is 11.2 Å². The standard InChI is InChI=1S/C12H15BrN2/c1-12(2,3)11-9-7-8(13)5-6-10(9)15(4)14-11/h5-7H,1-4H3. The average Bonchev–Trinajstić information content (AvgIpc) is 2.42. The molecule has 80 valence electrons. The zero-order valence-corrected chi connectivity index (χ0v) is 11.1. The second-order valence-corrected chi connectivity index (χ2v) is 5.80. The van der Waals surface area contributed by atoms with Crippen LogP contribution in [0.1, 0.15) is 26.5 Å². The molecule has 0 unspecified atom stereocenters. The lowest BCUT2D eigenvalue weighted by Gasteiger charge is -2.15. The first-order valence-corrected chi connectivity index (χ1v) is 5.81. The van der Waals surface area contributed by atoms with Gasteiger partial charge in [0.2, 0.25) is 0 Å². The monoisotopic (exact) mass is 266 g/mol.